The Hall–Kier alpha value is -3.34. The van der Waals surface area contributed by atoms with Crippen molar-refractivity contribution in [2.75, 3.05) is 7.11 Å². The minimum Gasteiger partial charge on any atom is -0.491 e. The molecule has 11 heteroatoms. The van der Waals surface area contributed by atoms with Crippen molar-refractivity contribution < 1.29 is 32.2 Å². The van der Waals surface area contributed by atoms with Gasteiger partial charge in [0.1, 0.15) is 23.0 Å². The van der Waals surface area contributed by atoms with Gasteiger partial charge in [0.2, 0.25) is 5.43 Å². The molecule has 33 heavy (non-hydrogen) atoms. The summed E-state index contributed by atoms with van der Waals surface area (Å²) in [6, 6.07) is 1.02. The first-order valence-corrected chi connectivity index (χ1v) is 10.5. The Morgan fingerprint density at radius 1 is 1.21 bits per heavy atom. The SMILES string of the molecule is COc1c2n(cc(C(=O)NCc3c(F)cc(F)cc3F)c1=O)CC1O[C@@H]3CC[C@@H](C3)N1C2=O. The van der Waals surface area contributed by atoms with Gasteiger partial charge >= 0.3 is 0 Å². The molecule has 8 nitrogen and oxygen atoms in total. The molecule has 3 atom stereocenters. The fourth-order valence-electron chi connectivity index (χ4n) is 4.89. The smallest absolute Gasteiger partial charge is 0.276 e. The molecule has 1 aliphatic carbocycles. The number of amides is 2. The second kappa shape index (κ2) is 7.91. The number of fused-ring (bicyclic) bond motifs is 5. The van der Waals surface area contributed by atoms with Crippen LogP contribution in [0, 0.1) is 17.5 Å². The van der Waals surface area contributed by atoms with Gasteiger partial charge in [-0.05, 0) is 19.3 Å². The summed E-state index contributed by atoms with van der Waals surface area (Å²) in [5, 5.41) is 2.27. The molecule has 1 aromatic heterocycles. The van der Waals surface area contributed by atoms with Crippen molar-refractivity contribution in [2.24, 2.45) is 0 Å². The van der Waals surface area contributed by atoms with Gasteiger partial charge in [-0.3, -0.25) is 14.4 Å². The van der Waals surface area contributed by atoms with Crippen molar-refractivity contribution in [3.8, 4) is 5.75 Å². The van der Waals surface area contributed by atoms with E-state index < -0.39 is 53.0 Å². The van der Waals surface area contributed by atoms with Gasteiger partial charge in [0, 0.05) is 36.5 Å². The van der Waals surface area contributed by atoms with Crippen LogP contribution in [0.25, 0.3) is 0 Å². The minimum atomic E-state index is -1.16. The molecule has 3 aliphatic rings. The van der Waals surface area contributed by atoms with Crippen molar-refractivity contribution in [3.05, 3.63) is 62.8 Å². The predicted octanol–water partition coefficient (Wildman–Crippen LogP) is 1.94. The van der Waals surface area contributed by atoms with Gasteiger partial charge in [-0.2, -0.15) is 0 Å². The first kappa shape index (κ1) is 21.5. The lowest BCUT2D eigenvalue weighted by Gasteiger charge is -2.44. The Labute approximate surface area is 185 Å². The third kappa shape index (κ3) is 3.47. The van der Waals surface area contributed by atoms with Crippen molar-refractivity contribution in [1.29, 1.82) is 0 Å². The zero-order chi connectivity index (χ0) is 23.4. The number of carbonyl (C=O) groups is 2. The average molecular weight is 463 g/mol. The standard InChI is InChI=1S/C22H20F3N3O5/c1-32-20-18-22(31)28-11-2-3-12(6-11)33-17(28)9-27(18)8-14(19(20)29)21(30)26-7-13-15(24)4-10(23)5-16(13)25/h4-5,8,11-12,17H,2-3,6-7,9H2,1H3,(H,26,30)/t11-,12+,17?/m0/s1. The van der Waals surface area contributed by atoms with Crippen LogP contribution in [0.2, 0.25) is 0 Å². The van der Waals surface area contributed by atoms with Crippen LogP contribution in [-0.4, -0.2) is 46.8 Å². The molecule has 1 N–H and O–H groups in total. The lowest BCUT2D eigenvalue weighted by atomic mass is 10.1. The van der Waals surface area contributed by atoms with Gasteiger partial charge in [0.05, 0.1) is 19.8 Å². The van der Waals surface area contributed by atoms with Gasteiger partial charge in [-0.25, -0.2) is 13.2 Å². The van der Waals surface area contributed by atoms with Crippen molar-refractivity contribution in [2.45, 2.75) is 50.7 Å². The van der Waals surface area contributed by atoms with Gasteiger partial charge in [-0.1, -0.05) is 0 Å². The third-order valence-corrected chi connectivity index (χ3v) is 6.42. The lowest BCUT2D eigenvalue weighted by Crippen LogP contribution is -2.57. The Bertz CT molecular complexity index is 1210. The number of nitrogens with zero attached hydrogens (tertiary/aromatic N) is 2. The molecule has 2 fully saturated rings. The highest BCUT2D eigenvalue weighted by Gasteiger charge is 2.47. The predicted molar refractivity (Wildman–Crippen MR) is 107 cm³/mol. The van der Waals surface area contributed by atoms with Crippen LogP contribution < -0.4 is 15.5 Å². The van der Waals surface area contributed by atoms with Crippen LogP contribution in [-0.2, 0) is 17.8 Å². The quantitative estimate of drug-likeness (QED) is 0.749. The van der Waals surface area contributed by atoms with Gasteiger partial charge in [0.15, 0.2) is 17.7 Å². The highest BCUT2D eigenvalue weighted by Crippen LogP contribution is 2.38. The minimum absolute atomic E-state index is 0.0262. The van der Waals surface area contributed by atoms with E-state index in [1.54, 1.807) is 4.90 Å². The summed E-state index contributed by atoms with van der Waals surface area (Å²) in [7, 11) is 1.22. The number of pyridine rings is 1. The summed E-state index contributed by atoms with van der Waals surface area (Å²) >= 11 is 0. The maximum atomic E-state index is 13.9. The molecule has 5 rings (SSSR count). The number of ether oxygens (including phenoxy) is 2. The number of hydrogen-bond donors (Lipinski definition) is 1. The van der Waals surface area contributed by atoms with Gasteiger partial charge in [-0.15, -0.1) is 0 Å². The Morgan fingerprint density at radius 2 is 1.94 bits per heavy atom. The Kier molecular flexibility index (Phi) is 5.15. The molecule has 174 valence electrons. The van der Waals surface area contributed by atoms with Gasteiger partial charge in [0.25, 0.3) is 11.8 Å². The number of halogens is 3. The van der Waals surface area contributed by atoms with Crippen molar-refractivity contribution in [1.82, 2.24) is 14.8 Å². The second-order valence-electron chi connectivity index (χ2n) is 8.33. The number of benzene rings is 1. The van der Waals surface area contributed by atoms with Crippen LogP contribution in [0.4, 0.5) is 13.2 Å². The van der Waals surface area contributed by atoms with E-state index in [-0.39, 0.29) is 35.7 Å². The topological polar surface area (TPSA) is 89.9 Å². The first-order chi connectivity index (χ1) is 15.8. The molecule has 1 unspecified atom stereocenters. The van der Waals surface area contributed by atoms with E-state index in [1.165, 1.54) is 17.9 Å². The highest BCUT2D eigenvalue weighted by molar-refractivity contribution is 5.99. The highest BCUT2D eigenvalue weighted by atomic mass is 19.1. The molecule has 3 heterocycles. The van der Waals surface area contributed by atoms with Crippen LogP contribution in [0.5, 0.6) is 5.75 Å². The lowest BCUT2D eigenvalue weighted by molar-refractivity contribution is -0.132. The zero-order valence-corrected chi connectivity index (χ0v) is 17.6. The number of aromatic nitrogens is 1. The number of methoxy groups -OCH3 is 1. The second-order valence-corrected chi connectivity index (χ2v) is 8.33. The molecule has 2 bridgehead atoms. The van der Waals surface area contributed by atoms with E-state index in [4.69, 9.17) is 9.47 Å². The average Bonchev–Trinajstić information content (AvgIpc) is 3.13. The molecule has 0 radical (unpaired) electrons. The molecule has 1 saturated carbocycles. The maximum Gasteiger partial charge on any atom is 0.276 e. The largest absolute Gasteiger partial charge is 0.491 e. The normalized spacial score (nSPS) is 23.2. The van der Waals surface area contributed by atoms with Crippen LogP contribution in [0.3, 0.4) is 0 Å². The number of nitrogens with one attached hydrogen (secondary N) is 1. The molecule has 0 spiro atoms. The molecule has 2 aromatic rings. The summed E-state index contributed by atoms with van der Waals surface area (Å²) in [6.45, 7) is -0.408. The summed E-state index contributed by atoms with van der Waals surface area (Å²) in [5.74, 6) is -5.03. The molecule has 1 aromatic carbocycles. The van der Waals surface area contributed by atoms with Crippen molar-refractivity contribution in [3.63, 3.8) is 0 Å². The van der Waals surface area contributed by atoms with E-state index in [2.05, 4.69) is 5.32 Å². The van der Waals surface area contributed by atoms with Crippen LogP contribution in [0.1, 0.15) is 45.7 Å². The Balaban J connectivity index is 1.47. The van der Waals surface area contributed by atoms with Crippen molar-refractivity contribution >= 4 is 11.8 Å². The van der Waals surface area contributed by atoms with E-state index in [1.807, 2.05) is 0 Å². The van der Waals surface area contributed by atoms with Gasteiger partial charge < -0.3 is 24.3 Å². The summed E-state index contributed by atoms with van der Waals surface area (Å²) in [6.07, 6.45) is 3.17. The maximum absolute atomic E-state index is 13.9. The third-order valence-electron chi connectivity index (χ3n) is 6.42. The fourth-order valence-corrected chi connectivity index (χ4v) is 4.89. The van der Waals surface area contributed by atoms with E-state index in [0.29, 0.717) is 12.1 Å². The molecule has 2 aliphatic heterocycles. The fraction of sp³-hybridized carbons (Fsp3) is 0.409. The summed E-state index contributed by atoms with van der Waals surface area (Å²) < 4.78 is 53.5. The van der Waals surface area contributed by atoms with E-state index in [9.17, 15) is 27.6 Å². The first-order valence-electron chi connectivity index (χ1n) is 10.5. The summed E-state index contributed by atoms with van der Waals surface area (Å²) in [5.41, 5.74) is -1.71. The zero-order valence-electron chi connectivity index (χ0n) is 17.6. The van der Waals surface area contributed by atoms with Crippen LogP contribution >= 0.6 is 0 Å². The molecular weight excluding hydrogens is 443 g/mol. The molecular formula is C22H20F3N3O5. The Morgan fingerprint density at radius 3 is 2.64 bits per heavy atom. The number of rotatable bonds is 4. The van der Waals surface area contributed by atoms with E-state index in [0.717, 1.165) is 19.3 Å². The monoisotopic (exact) mass is 463 g/mol. The number of carbonyl (C=O) groups excluding carboxylic acids is 2. The molecule has 2 amide bonds. The number of hydrogen-bond acceptors (Lipinski definition) is 5. The van der Waals surface area contributed by atoms with Crippen LogP contribution in [0.15, 0.2) is 23.1 Å². The van der Waals surface area contributed by atoms with E-state index >= 15 is 0 Å². The summed E-state index contributed by atoms with van der Waals surface area (Å²) in [4.78, 5) is 40.6. The molecule has 1 saturated heterocycles.